The summed E-state index contributed by atoms with van der Waals surface area (Å²) in [6.07, 6.45) is 1.65. The van der Waals surface area contributed by atoms with E-state index in [1.165, 1.54) is 5.56 Å². The predicted molar refractivity (Wildman–Crippen MR) is 87.5 cm³/mol. The van der Waals surface area contributed by atoms with Gasteiger partial charge in [-0.3, -0.25) is 4.79 Å². The number of rotatable bonds is 7. The molecule has 0 saturated carbocycles. The molecular weight excluding hydrogens is 316 g/mol. The van der Waals surface area contributed by atoms with Crippen molar-refractivity contribution in [3.63, 3.8) is 0 Å². The van der Waals surface area contributed by atoms with E-state index < -0.39 is 0 Å². The van der Waals surface area contributed by atoms with Crippen LogP contribution in [-0.2, 0) is 11.2 Å². The molecule has 4 heteroatoms. The van der Waals surface area contributed by atoms with Gasteiger partial charge in [0, 0.05) is 23.0 Å². The molecule has 20 heavy (non-hydrogen) atoms. The van der Waals surface area contributed by atoms with E-state index in [0.717, 1.165) is 17.3 Å². The van der Waals surface area contributed by atoms with Crippen LogP contribution in [0.1, 0.15) is 32.8 Å². The van der Waals surface area contributed by atoms with Gasteiger partial charge in [0.15, 0.2) is 0 Å². The van der Waals surface area contributed by atoms with Crippen LogP contribution in [0.25, 0.3) is 0 Å². The van der Waals surface area contributed by atoms with Crippen molar-refractivity contribution in [3.05, 3.63) is 34.3 Å². The summed E-state index contributed by atoms with van der Waals surface area (Å²) in [5, 5.41) is 2.99. The fourth-order valence-corrected chi connectivity index (χ4v) is 2.67. The minimum atomic E-state index is -0.00157. The van der Waals surface area contributed by atoms with Gasteiger partial charge < -0.3 is 11.1 Å². The zero-order valence-electron chi connectivity index (χ0n) is 12.5. The second kappa shape index (κ2) is 8.42. The van der Waals surface area contributed by atoms with Crippen LogP contribution in [0.5, 0.6) is 0 Å². The summed E-state index contributed by atoms with van der Waals surface area (Å²) in [5.74, 6) is 0.598. The Morgan fingerprint density at radius 2 is 2.05 bits per heavy atom. The molecule has 0 radical (unpaired) electrons. The standard InChI is InChI=1S/C16H25BrN2O/c1-11(2)7-14(16(20)19-12(3)10-18)8-13-5-4-6-15(17)9-13/h4-6,9,11-12,14H,7-8,10,18H2,1-3H3,(H,19,20)/t12-,14?/m0/s1. The van der Waals surface area contributed by atoms with Crippen molar-refractivity contribution in [1.29, 1.82) is 0 Å². The van der Waals surface area contributed by atoms with Crippen molar-refractivity contribution in [2.45, 2.75) is 39.7 Å². The lowest BCUT2D eigenvalue weighted by molar-refractivity contribution is -0.126. The van der Waals surface area contributed by atoms with Gasteiger partial charge in [0.05, 0.1) is 0 Å². The normalized spacial score (nSPS) is 14.1. The van der Waals surface area contributed by atoms with Gasteiger partial charge in [0.25, 0.3) is 0 Å². The van der Waals surface area contributed by atoms with Crippen LogP contribution >= 0.6 is 15.9 Å². The van der Waals surface area contributed by atoms with Gasteiger partial charge in [-0.05, 0) is 43.4 Å². The first kappa shape index (κ1) is 17.2. The lowest BCUT2D eigenvalue weighted by Gasteiger charge is -2.21. The Bertz CT molecular complexity index is 434. The van der Waals surface area contributed by atoms with Crippen molar-refractivity contribution in [2.75, 3.05) is 6.54 Å². The van der Waals surface area contributed by atoms with E-state index in [1.54, 1.807) is 0 Å². The average Bonchev–Trinajstić information content (AvgIpc) is 2.37. The molecule has 112 valence electrons. The van der Waals surface area contributed by atoms with Crippen LogP contribution in [0.4, 0.5) is 0 Å². The first-order valence-electron chi connectivity index (χ1n) is 7.17. The smallest absolute Gasteiger partial charge is 0.223 e. The Kier molecular flexibility index (Phi) is 7.24. The summed E-state index contributed by atoms with van der Waals surface area (Å²) >= 11 is 3.47. The van der Waals surface area contributed by atoms with E-state index in [0.29, 0.717) is 12.5 Å². The number of carbonyl (C=O) groups is 1. The van der Waals surface area contributed by atoms with Gasteiger partial charge in [0.1, 0.15) is 0 Å². The zero-order valence-corrected chi connectivity index (χ0v) is 14.1. The number of carbonyl (C=O) groups excluding carboxylic acids is 1. The Balaban J connectivity index is 2.76. The maximum atomic E-state index is 12.4. The third kappa shape index (κ3) is 6.06. The number of amides is 1. The number of nitrogens with two attached hydrogens (primary N) is 1. The monoisotopic (exact) mass is 340 g/mol. The highest BCUT2D eigenvalue weighted by atomic mass is 79.9. The maximum Gasteiger partial charge on any atom is 0.223 e. The second-order valence-corrected chi connectivity index (χ2v) is 6.72. The molecule has 0 spiro atoms. The quantitative estimate of drug-likeness (QED) is 0.801. The van der Waals surface area contributed by atoms with E-state index in [2.05, 4.69) is 47.2 Å². The van der Waals surface area contributed by atoms with Crippen LogP contribution in [0, 0.1) is 11.8 Å². The highest BCUT2D eigenvalue weighted by Gasteiger charge is 2.21. The average molecular weight is 341 g/mol. The molecule has 0 aliphatic heterocycles. The highest BCUT2D eigenvalue weighted by molar-refractivity contribution is 9.10. The molecule has 0 aliphatic carbocycles. The summed E-state index contributed by atoms with van der Waals surface area (Å²) in [6.45, 7) is 6.70. The topological polar surface area (TPSA) is 55.1 Å². The minimum Gasteiger partial charge on any atom is -0.352 e. The van der Waals surface area contributed by atoms with Gasteiger partial charge in [-0.25, -0.2) is 0 Å². The lowest BCUT2D eigenvalue weighted by Crippen LogP contribution is -2.42. The van der Waals surface area contributed by atoms with Gasteiger partial charge in [0.2, 0.25) is 5.91 Å². The van der Waals surface area contributed by atoms with E-state index in [4.69, 9.17) is 5.73 Å². The zero-order chi connectivity index (χ0) is 15.1. The summed E-state index contributed by atoms with van der Waals surface area (Å²) in [4.78, 5) is 12.4. The molecule has 1 rings (SSSR count). The van der Waals surface area contributed by atoms with E-state index in [-0.39, 0.29) is 17.9 Å². The molecule has 0 bridgehead atoms. The van der Waals surface area contributed by atoms with Crippen molar-refractivity contribution in [3.8, 4) is 0 Å². The third-order valence-corrected chi connectivity index (χ3v) is 3.73. The summed E-state index contributed by atoms with van der Waals surface area (Å²) in [5.41, 5.74) is 6.75. The third-order valence-electron chi connectivity index (χ3n) is 3.24. The highest BCUT2D eigenvalue weighted by Crippen LogP contribution is 2.20. The lowest BCUT2D eigenvalue weighted by atomic mass is 9.90. The molecule has 0 fully saturated rings. The molecule has 3 nitrogen and oxygen atoms in total. The minimum absolute atomic E-state index is 0.00157. The molecule has 1 aromatic rings. The summed E-state index contributed by atoms with van der Waals surface area (Å²) < 4.78 is 1.05. The molecular formula is C16H25BrN2O. The van der Waals surface area contributed by atoms with Crippen LogP contribution in [-0.4, -0.2) is 18.5 Å². The first-order chi connectivity index (χ1) is 9.42. The van der Waals surface area contributed by atoms with Gasteiger partial charge in [-0.1, -0.05) is 41.9 Å². The largest absolute Gasteiger partial charge is 0.352 e. The summed E-state index contributed by atoms with van der Waals surface area (Å²) in [6, 6.07) is 8.17. The molecule has 1 amide bonds. The second-order valence-electron chi connectivity index (χ2n) is 5.81. The summed E-state index contributed by atoms with van der Waals surface area (Å²) in [7, 11) is 0. The SMILES string of the molecule is CC(C)CC(Cc1cccc(Br)c1)C(=O)N[C@@H](C)CN. The van der Waals surface area contributed by atoms with Crippen LogP contribution in [0.3, 0.4) is 0 Å². The Labute approximate surface area is 130 Å². The van der Waals surface area contributed by atoms with Crippen molar-refractivity contribution in [1.82, 2.24) is 5.32 Å². The maximum absolute atomic E-state index is 12.4. The van der Waals surface area contributed by atoms with Gasteiger partial charge in [-0.2, -0.15) is 0 Å². The van der Waals surface area contributed by atoms with Crippen molar-refractivity contribution < 1.29 is 4.79 Å². The molecule has 0 aromatic heterocycles. The molecule has 0 heterocycles. The molecule has 3 N–H and O–H groups in total. The Hall–Kier alpha value is -0.870. The molecule has 0 saturated heterocycles. The molecule has 2 atom stereocenters. The van der Waals surface area contributed by atoms with Crippen LogP contribution in [0.15, 0.2) is 28.7 Å². The number of benzene rings is 1. The van der Waals surface area contributed by atoms with E-state index >= 15 is 0 Å². The van der Waals surface area contributed by atoms with Gasteiger partial charge in [-0.15, -0.1) is 0 Å². The number of hydrogen-bond acceptors (Lipinski definition) is 2. The molecule has 1 aromatic carbocycles. The van der Waals surface area contributed by atoms with E-state index in [9.17, 15) is 4.79 Å². The van der Waals surface area contributed by atoms with Crippen molar-refractivity contribution >= 4 is 21.8 Å². The number of hydrogen-bond donors (Lipinski definition) is 2. The van der Waals surface area contributed by atoms with Crippen LogP contribution in [0.2, 0.25) is 0 Å². The van der Waals surface area contributed by atoms with Crippen molar-refractivity contribution in [2.24, 2.45) is 17.6 Å². The fourth-order valence-electron chi connectivity index (χ4n) is 2.22. The Morgan fingerprint density at radius 3 is 2.60 bits per heavy atom. The first-order valence-corrected chi connectivity index (χ1v) is 7.96. The fraction of sp³-hybridized carbons (Fsp3) is 0.562. The predicted octanol–water partition coefficient (Wildman–Crippen LogP) is 3.12. The number of nitrogens with one attached hydrogen (secondary N) is 1. The number of halogens is 1. The molecule has 0 aliphatic rings. The Morgan fingerprint density at radius 1 is 1.35 bits per heavy atom. The van der Waals surface area contributed by atoms with Gasteiger partial charge >= 0.3 is 0 Å². The van der Waals surface area contributed by atoms with E-state index in [1.807, 2.05) is 19.1 Å². The van der Waals surface area contributed by atoms with Crippen LogP contribution < -0.4 is 11.1 Å². The molecule has 1 unspecified atom stereocenters.